The Kier molecular flexibility index (Phi) is 4.72. The molecule has 0 unspecified atom stereocenters. The standard InChI is InChI=1S/C19H20FN5O5/c1-9-5-14(30-23-9)22-10-3-4-24(7-10)16-13(20)6-11-15(18(16)27)25(21-2)8-12(17(11)26)19(28)29/h5-6,8,10,21-22,27H,3-4,7H2,1-2H3,(H,28,29)/t10-/m0/s1. The van der Waals surface area contributed by atoms with Crippen LogP contribution in [0.4, 0.5) is 16.0 Å². The number of benzene rings is 1. The van der Waals surface area contributed by atoms with E-state index in [9.17, 15) is 24.2 Å². The Labute approximate surface area is 169 Å². The van der Waals surface area contributed by atoms with Crippen LogP contribution in [0, 0.1) is 12.7 Å². The minimum Gasteiger partial charge on any atom is -0.504 e. The third-order valence-corrected chi connectivity index (χ3v) is 5.14. The zero-order valence-electron chi connectivity index (χ0n) is 16.3. The number of aromatic nitrogens is 2. The van der Waals surface area contributed by atoms with Crippen molar-refractivity contribution in [3.05, 3.63) is 45.6 Å². The van der Waals surface area contributed by atoms with Crippen LogP contribution in [-0.4, -0.2) is 52.2 Å². The Morgan fingerprint density at radius 1 is 1.40 bits per heavy atom. The molecular formula is C19H20FN5O5. The average Bonchev–Trinajstić information content (AvgIpc) is 3.31. The molecule has 11 heteroatoms. The van der Waals surface area contributed by atoms with E-state index in [0.717, 1.165) is 18.0 Å². The smallest absolute Gasteiger partial charge is 0.341 e. The maximum atomic E-state index is 15.0. The van der Waals surface area contributed by atoms with Crippen LogP contribution >= 0.6 is 0 Å². The number of hydrogen-bond donors (Lipinski definition) is 4. The summed E-state index contributed by atoms with van der Waals surface area (Å²) in [6.45, 7) is 2.64. The fourth-order valence-electron chi connectivity index (χ4n) is 3.77. The summed E-state index contributed by atoms with van der Waals surface area (Å²) in [6, 6.07) is 2.66. The van der Waals surface area contributed by atoms with Crippen molar-refractivity contribution in [1.82, 2.24) is 9.83 Å². The molecule has 1 aromatic carbocycles. The highest BCUT2D eigenvalue weighted by molar-refractivity contribution is 5.96. The Bertz CT molecular complexity index is 1200. The van der Waals surface area contributed by atoms with Crippen LogP contribution in [0.3, 0.4) is 0 Å². The molecule has 1 saturated heterocycles. The number of rotatable bonds is 5. The summed E-state index contributed by atoms with van der Waals surface area (Å²) in [7, 11) is 1.49. The zero-order chi connectivity index (χ0) is 21.6. The molecule has 0 aliphatic carbocycles. The molecule has 0 spiro atoms. The number of hydrogen-bond acceptors (Lipinski definition) is 8. The van der Waals surface area contributed by atoms with Gasteiger partial charge >= 0.3 is 5.97 Å². The molecule has 1 atom stereocenters. The summed E-state index contributed by atoms with van der Waals surface area (Å²) >= 11 is 0. The van der Waals surface area contributed by atoms with E-state index in [0.29, 0.717) is 25.4 Å². The van der Waals surface area contributed by atoms with E-state index in [-0.39, 0.29) is 22.6 Å². The number of pyridine rings is 1. The number of aromatic carboxylic acids is 1. The van der Waals surface area contributed by atoms with Crippen LogP contribution in [0.25, 0.3) is 10.9 Å². The van der Waals surface area contributed by atoms with Gasteiger partial charge in [0.1, 0.15) is 16.8 Å². The molecule has 1 aliphatic rings. The molecule has 3 aromatic rings. The summed E-state index contributed by atoms with van der Waals surface area (Å²) in [5, 5.41) is 26.9. The Hall–Kier alpha value is -3.76. The van der Waals surface area contributed by atoms with E-state index in [1.54, 1.807) is 17.9 Å². The lowest BCUT2D eigenvalue weighted by Crippen LogP contribution is -2.27. The number of halogens is 1. The minimum atomic E-state index is -1.44. The van der Waals surface area contributed by atoms with Crippen molar-refractivity contribution < 1.29 is 23.9 Å². The van der Waals surface area contributed by atoms with Crippen LogP contribution in [0.15, 0.2) is 27.6 Å². The van der Waals surface area contributed by atoms with Crippen LogP contribution < -0.4 is 21.1 Å². The van der Waals surface area contributed by atoms with Gasteiger partial charge in [0.05, 0.1) is 11.1 Å². The molecule has 4 rings (SSSR count). The third kappa shape index (κ3) is 3.17. The van der Waals surface area contributed by atoms with Crippen LogP contribution in [0.5, 0.6) is 5.75 Å². The monoisotopic (exact) mass is 417 g/mol. The average molecular weight is 417 g/mol. The molecule has 1 fully saturated rings. The number of phenolic OH excluding ortho intramolecular Hbond substituents is 1. The first-order valence-corrected chi connectivity index (χ1v) is 9.26. The van der Waals surface area contributed by atoms with Gasteiger partial charge in [-0.05, 0) is 19.4 Å². The van der Waals surface area contributed by atoms with Crippen molar-refractivity contribution in [1.29, 1.82) is 0 Å². The summed E-state index contributed by atoms with van der Waals surface area (Å²) in [5.74, 6) is -2.18. The summed E-state index contributed by atoms with van der Waals surface area (Å²) in [4.78, 5) is 25.5. The number of nitrogens with one attached hydrogen (secondary N) is 2. The molecule has 0 amide bonds. The van der Waals surface area contributed by atoms with E-state index in [1.807, 2.05) is 0 Å². The summed E-state index contributed by atoms with van der Waals surface area (Å²) in [6.07, 6.45) is 1.72. The number of anilines is 2. The lowest BCUT2D eigenvalue weighted by atomic mass is 10.1. The van der Waals surface area contributed by atoms with Crippen molar-refractivity contribution in [2.45, 2.75) is 19.4 Å². The second-order valence-electron chi connectivity index (χ2n) is 7.13. The van der Waals surface area contributed by atoms with Gasteiger partial charge in [0.15, 0.2) is 11.6 Å². The predicted octanol–water partition coefficient (Wildman–Crippen LogP) is 1.70. The number of carboxylic acid groups (broad SMARTS) is 1. The number of nitrogens with zero attached hydrogens (tertiary/aromatic N) is 3. The first-order valence-electron chi connectivity index (χ1n) is 9.26. The number of aryl methyl sites for hydroxylation is 1. The highest BCUT2D eigenvalue weighted by Crippen LogP contribution is 2.38. The molecule has 30 heavy (non-hydrogen) atoms. The topological polar surface area (TPSA) is 133 Å². The van der Waals surface area contributed by atoms with Gasteiger partial charge in [-0.15, -0.1) is 0 Å². The predicted molar refractivity (Wildman–Crippen MR) is 108 cm³/mol. The van der Waals surface area contributed by atoms with Gasteiger partial charge in [-0.2, -0.15) is 0 Å². The molecular weight excluding hydrogens is 397 g/mol. The maximum Gasteiger partial charge on any atom is 0.341 e. The SMILES string of the molecule is CNn1cc(C(=O)O)c(=O)c2cc(F)c(N3CC[C@H](Nc4cc(C)no4)C3)c(O)c21. The first-order chi connectivity index (χ1) is 14.3. The molecule has 4 N–H and O–H groups in total. The van der Waals surface area contributed by atoms with Gasteiger partial charge in [-0.3, -0.25) is 9.47 Å². The molecule has 0 saturated carbocycles. The first kappa shape index (κ1) is 19.6. The highest BCUT2D eigenvalue weighted by Gasteiger charge is 2.30. The van der Waals surface area contributed by atoms with Crippen molar-refractivity contribution in [3.63, 3.8) is 0 Å². The lowest BCUT2D eigenvalue weighted by molar-refractivity contribution is 0.0695. The number of fused-ring (bicyclic) bond motifs is 1. The zero-order valence-corrected chi connectivity index (χ0v) is 16.3. The number of carbonyl (C=O) groups is 1. The van der Waals surface area contributed by atoms with Gasteiger partial charge < -0.3 is 30.4 Å². The molecule has 2 aromatic heterocycles. The molecule has 0 radical (unpaired) electrons. The Morgan fingerprint density at radius 3 is 2.80 bits per heavy atom. The largest absolute Gasteiger partial charge is 0.504 e. The van der Waals surface area contributed by atoms with Crippen LogP contribution in [0.1, 0.15) is 22.5 Å². The van der Waals surface area contributed by atoms with Gasteiger partial charge in [0, 0.05) is 38.4 Å². The van der Waals surface area contributed by atoms with Crippen molar-refractivity contribution in [3.8, 4) is 5.75 Å². The highest BCUT2D eigenvalue weighted by atomic mass is 19.1. The van der Waals surface area contributed by atoms with Gasteiger partial charge in [-0.1, -0.05) is 5.16 Å². The maximum absolute atomic E-state index is 15.0. The third-order valence-electron chi connectivity index (χ3n) is 5.14. The van der Waals surface area contributed by atoms with Crippen molar-refractivity contribution >= 4 is 28.4 Å². The Morgan fingerprint density at radius 2 is 2.17 bits per heavy atom. The summed E-state index contributed by atoms with van der Waals surface area (Å²) < 4.78 is 21.3. The fourth-order valence-corrected chi connectivity index (χ4v) is 3.77. The molecule has 10 nitrogen and oxygen atoms in total. The van der Waals surface area contributed by atoms with E-state index in [1.165, 1.54) is 11.7 Å². The second kappa shape index (κ2) is 7.25. The van der Waals surface area contributed by atoms with E-state index < -0.39 is 28.5 Å². The molecule has 1 aliphatic heterocycles. The van der Waals surface area contributed by atoms with Crippen molar-refractivity contribution in [2.24, 2.45) is 0 Å². The number of aromatic hydroxyl groups is 1. The van der Waals surface area contributed by atoms with E-state index in [2.05, 4.69) is 15.9 Å². The van der Waals surface area contributed by atoms with Gasteiger partial charge in [0.2, 0.25) is 11.3 Å². The van der Waals surface area contributed by atoms with E-state index in [4.69, 9.17) is 4.52 Å². The quantitative estimate of drug-likeness (QED) is 0.489. The normalized spacial score (nSPS) is 16.2. The molecule has 158 valence electrons. The minimum absolute atomic E-state index is 0.00571. The lowest BCUT2D eigenvalue weighted by Gasteiger charge is -2.23. The fraction of sp³-hybridized carbons (Fsp3) is 0.316. The van der Waals surface area contributed by atoms with Gasteiger partial charge in [-0.25, -0.2) is 9.18 Å². The molecule has 0 bridgehead atoms. The van der Waals surface area contributed by atoms with Gasteiger partial charge in [0.25, 0.3) is 0 Å². The summed E-state index contributed by atoms with van der Waals surface area (Å²) in [5.41, 5.74) is 1.99. The number of carboxylic acids is 1. The van der Waals surface area contributed by atoms with Crippen LogP contribution in [-0.2, 0) is 0 Å². The van der Waals surface area contributed by atoms with Crippen LogP contribution in [0.2, 0.25) is 0 Å². The Balaban J connectivity index is 1.74. The van der Waals surface area contributed by atoms with E-state index >= 15 is 0 Å². The number of phenols is 1. The van der Waals surface area contributed by atoms with Crippen molar-refractivity contribution in [2.75, 3.05) is 35.8 Å². The second-order valence-corrected chi connectivity index (χ2v) is 7.13. The molecule has 3 heterocycles.